The minimum Gasteiger partial charge on any atom is -0.493 e. The lowest BCUT2D eigenvalue weighted by Crippen LogP contribution is -2.38. The fourth-order valence-electron chi connectivity index (χ4n) is 2.47. The van der Waals surface area contributed by atoms with Crippen LogP contribution < -0.4 is 15.4 Å². The molecule has 0 aliphatic carbocycles. The van der Waals surface area contributed by atoms with Crippen molar-refractivity contribution >= 4 is 5.96 Å². The second-order valence-electron chi connectivity index (χ2n) is 6.84. The number of nitrogens with zero attached hydrogens (tertiary/aromatic N) is 2. The van der Waals surface area contributed by atoms with Gasteiger partial charge in [0.05, 0.1) is 24.9 Å². The van der Waals surface area contributed by atoms with E-state index in [4.69, 9.17) is 4.74 Å². The standard InChI is InChI=1S/C21H30N4O/c1-15(2)14-26-20-11-9-18(10-12-20)17(4)25-21(22-5)23-13-19-8-6-7-16(3)24-19/h6-12,15,17H,13-14H2,1-5H3,(H2,22,23,25). The van der Waals surface area contributed by atoms with Crippen LogP contribution in [-0.2, 0) is 6.54 Å². The first-order valence-corrected chi connectivity index (χ1v) is 9.10. The Morgan fingerprint density at radius 2 is 1.85 bits per heavy atom. The molecule has 0 fully saturated rings. The van der Waals surface area contributed by atoms with E-state index in [2.05, 4.69) is 53.5 Å². The quantitative estimate of drug-likeness (QED) is 0.586. The highest BCUT2D eigenvalue weighted by molar-refractivity contribution is 5.80. The molecule has 0 aliphatic heterocycles. The zero-order valence-electron chi connectivity index (χ0n) is 16.4. The summed E-state index contributed by atoms with van der Waals surface area (Å²) in [6, 6.07) is 14.4. The normalized spacial score (nSPS) is 12.8. The van der Waals surface area contributed by atoms with Gasteiger partial charge in [-0.3, -0.25) is 9.98 Å². The lowest BCUT2D eigenvalue weighted by molar-refractivity contribution is 0.271. The number of rotatable bonds is 7. The number of guanidine groups is 1. The number of nitrogens with one attached hydrogen (secondary N) is 2. The summed E-state index contributed by atoms with van der Waals surface area (Å²) in [5.41, 5.74) is 3.19. The Balaban J connectivity index is 1.89. The molecule has 1 unspecified atom stereocenters. The third-order valence-corrected chi connectivity index (χ3v) is 3.92. The predicted octanol–water partition coefficient (Wildman–Crippen LogP) is 3.85. The molecular formula is C21H30N4O. The highest BCUT2D eigenvalue weighted by atomic mass is 16.5. The van der Waals surface area contributed by atoms with Crippen LogP contribution in [0.4, 0.5) is 0 Å². The van der Waals surface area contributed by atoms with Crippen molar-refractivity contribution in [3.8, 4) is 5.75 Å². The average molecular weight is 354 g/mol. The van der Waals surface area contributed by atoms with Gasteiger partial charge in [0.1, 0.15) is 5.75 Å². The number of aromatic nitrogens is 1. The molecule has 26 heavy (non-hydrogen) atoms. The summed E-state index contributed by atoms with van der Waals surface area (Å²) in [6.07, 6.45) is 0. The minimum absolute atomic E-state index is 0.130. The molecular weight excluding hydrogens is 324 g/mol. The van der Waals surface area contributed by atoms with Crippen molar-refractivity contribution in [3.05, 3.63) is 59.4 Å². The number of ether oxygens (including phenoxy) is 1. The van der Waals surface area contributed by atoms with E-state index >= 15 is 0 Å². The van der Waals surface area contributed by atoms with Gasteiger partial charge in [0.2, 0.25) is 0 Å². The second kappa shape index (κ2) is 9.80. The molecule has 0 radical (unpaired) electrons. The first-order valence-electron chi connectivity index (χ1n) is 9.10. The van der Waals surface area contributed by atoms with Gasteiger partial charge < -0.3 is 15.4 Å². The van der Waals surface area contributed by atoms with Gasteiger partial charge in [-0.25, -0.2) is 0 Å². The first-order chi connectivity index (χ1) is 12.5. The SMILES string of the molecule is CN=C(NCc1cccc(C)n1)NC(C)c1ccc(OCC(C)C)cc1. The number of benzene rings is 1. The zero-order valence-corrected chi connectivity index (χ0v) is 16.4. The summed E-state index contributed by atoms with van der Waals surface area (Å²) in [5, 5.41) is 6.72. The van der Waals surface area contributed by atoms with Crippen molar-refractivity contribution in [2.24, 2.45) is 10.9 Å². The van der Waals surface area contributed by atoms with Crippen molar-refractivity contribution < 1.29 is 4.74 Å². The van der Waals surface area contributed by atoms with Crippen LogP contribution in [-0.4, -0.2) is 24.6 Å². The molecule has 1 heterocycles. The molecule has 0 spiro atoms. The van der Waals surface area contributed by atoms with Gasteiger partial charge in [-0.1, -0.05) is 32.0 Å². The molecule has 0 saturated heterocycles. The maximum atomic E-state index is 5.74. The Kier molecular flexibility index (Phi) is 7.45. The molecule has 0 saturated carbocycles. The van der Waals surface area contributed by atoms with Crippen molar-refractivity contribution in [1.82, 2.24) is 15.6 Å². The van der Waals surface area contributed by atoms with Crippen molar-refractivity contribution in [2.45, 2.75) is 40.3 Å². The predicted molar refractivity (Wildman–Crippen MR) is 107 cm³/mol. The zero-order chi connectivity index (χ0) is 18.9. The Morgan fingerprint density at radius 3 is 2.46 bits per heavy atom. The van der Waals surface area contributed by atoms with Gasteiger partial charge >= 0.3 is 0 Å². The summed E-state index contributed by atoms with van der Waals surface area (Å²) in [5.74, 6) is 2.18. The summed E-state index contributed by atoms with van der Waals surface area (Å²) < 4.78 is 5.74. The van der Waals surface area contributed by atoms with Gasteiger partial charge in [0.15, 0.2) is 5.96 Å². The summed E-state index contributed by atoms with van der Waals surface area (Å²) >= 11 is 0. The van der Waals surface area contributed by atoms with E-state index in [-0.39, 0.29) is 6.04 Å². The molecule has 0 bridgehead atoms. The largest absolute Gasteiger partial charge is 0.493 e. The minimum atomic E-state index is 0.130. The van der Waals surface area contributed by atoms with Crippen LogP contribution >= 0.6 is 0 Å². The summed E-state index contributed by atoms with van der Waals surface area (Å²) in [6.45, 7) is 9.76. The number of aryl methyl sites for hydroxylation is 1. The first kappa shape index (κ1) is 19.8. The number of aliphatic imine (C=N–C) groups is 1. The van der Waals surface area contributed by atoms with Gasteiger partial charge in [-0.2, -0.15) is 0 Å². The molecule has 2 N–H and O–H groups in total. The van der Waals surface area contributed by atoms with Crippen LogP contribution in [0.2, 0.25) is 0 Å². The second-order valence-corrected chi connectivity index (χ2v) is 6.84. The molecule has 0 amide bonds. The van der Waals surface area contributed by atoms with Gasteiger partial charge in [-0.15, -0.1) is 0 Å². The smallest absolute Gasteiger partial charge is 0.191 e. The van der Waals surface area contributed by atoms with Crippen LogP contribution in [0.5, 0.6) is 5.75 Å². The Labute approximate surface area is 156 Å². The average Bonchev–Trinajstić information content (AvgIpc) is 2.63. The van der Waals surface area contributed by atoms with Crippen LogP contribution in [0.15, 0.2) is 47.5 Å². The fraction of sp³-hybridized carbons (Fsp3) is 0.429. The molecule has 2 rings (SSSR count). The maximum absolute atomic E-state index is 5.74. The van der Waals surface area contributed by atoms with Crippen molar-refractivity contribution in [1.29, 1.82) is 0 Å². The van der Waals surface area contributed by atoms with E-state index < -0.39 is 0 Å². The maximum Gasteiger partial charge on any atom is 0.191 e. The van der Waals surface area contributed by atoms with E-state index in [1.165, 1.54) is 5.56 Å². The van der Waals surface area contributed by atoms with Crippen molar-refractivity contribution in [2.75, 3.05) is 13.7 Å². The summed E-state index contributed by atoms with van der Waals surface area (Å²) in [7, 11) is 1.77. The van der Waals surface area contributed by atoms with Crippen molar-refractivity contribution in [3.63, 3.8) is 0 Å². The van der Waals surface area contributed by atoms with E-state index in [9.17, 15) is 0 Å². The fourth-order valence-corrected chi connectivity index (χ4v) is 2.47. The molecule has 2 aromatic rings. The molecule has 1 aromatic heterocycles. The van der Waals surface area contributed by atoms with Gasteiger partial charge in [-0.05, 0) is 49.6 Å². The summed E-state index contributed by atoms with van der Waals surface area (Å²) in [4.78, 5) is 8.80. The third kappa shape index (κ3) is 6.39. The monoisotopic (exact) mass is 354 g/mol. The lowest BCUT2D eigenvalue weighted by Gasteiger charge is -2.19. The Bertz CT molecular complexity index is 710. The highest BCUT2D eigenvalue weighted by Gasteiger charge is 2.08. The molecule has 1 aromatic carbocycles. The van der Waals surface area contributed by atoms with Crippen LogP contribution in [0.25, 0.3) is 0 Å². The number of hydrogen-bond acceptors (Lipinski definition) is 3. The van der Waals surface area contributed by atoms with E-state index in [0.717, 1.165) is 29.7 Å². The molecule has 5 heteroatoms. The lowest BCUT2D eigenvalue weighted by atomic mass is 10.1. The van der Waals surface area contributed by atoms with E-state index in [1.807, 2.05) is 37.3 Å². The Morgan fingerprint density at radius 1 is 1.12 bits per heavy atom. The van der Waals surface area contributed by atoms with E-state index in [0.29, 0.717) is 12.5 Å². The highest BCUT2D eigenvalue weighted by Crippen LogP contribution is 2.18. The van der Waals surface area contributed by atoms with Crippen LogP contribution in [0.3, 0.4) is 0 Å². The molecule has 140 valence electrons. The topological polar surface area (TPSA) is 58.5 Å². The molecule has 0 aliphatic rings. The Hall–Kier alpha value is -2.56. The van der Waals surface area contributed by atoms with E-state index in [1.54, 1.807) is 7.05 Å². The van der Waals surface area contributed by atoms with Crippen LogP contribution in [0.1, 0.15) is 43.8 Å². The third-order valence-electron chi connectivity index (χ3n) is 3.92. The van der Waals surface area contributed by atoms with Gasteiger partial charge in [0, 0.05) is 12.7 Å². The number of hydrogen-bond donors (Lipinski definition) is 2. The number of pyridine rings is 1. The molecule has 5 nitrogen and oxygen atoms in total. The van der Waals surface area contributed by atoms with Gasteiger partial charge in [0.25, 0.3) is 0 Å². The van der Waals surface area contributed by atoms with Crippen LogP contribution in [0, 0.1) is 12.8 Å². The molecule has 1 atom stereocenters.